The first kappa shape index (κ1) is 22.8. The molecule has 0 spiro atoms. The van der Waals surface area contributed by atoms with E-state index in [1.807, 2.05) is 31.2 Å². The molecule has 0 aliphatic rings. The third kappa shape index (κ3) is 5.18. The van der Waals surface area contributed by atoms with Crippen LogP contribution in [0.15, 0.2) is 53.2 Å². The summed E-state index contributed by atoms with van der Waals surface area (Å²) >= 11 is 12.3. The molecule has 0 fully saturated rings. The molecule has 0 atom stereocenters. The van der Waals surface area contributed by atoms with Crippen molar-refractivity contribution < 1.29 is 18.4 Å². The van der Waals surface area contributed by atoms with Crippen LogP contribution >= 0.6 is 23.2 Å². The standard InChI is InChI=1S/C23H19Cl2FN4O3/c1-13-6-8-15(9-7-13)32-12-17-14(2)33-29-21(17)23(31)27-22-19(25)11-30(28-22)10-16-18(24)4-3-5-20(16)26/h3-9,11H,10,12H2,1-2H3,(H,27,28,31). The Labute approximate surface area is 199 Å². The third-order valence-corrected chi connectivity index (χ3v) is 5.57. The van der Waals surface area contributed by atoms with Crippen molar-refractivity contribution in [3.8, 4) is 5.75 Å². The molecule has 7 nitrogen and oxygen atoms in total. The third-order valence-electron chi connectivity index (χ3n) is 4.93. The van der Waals surface area contributed by atoms with E-state index in [-0.39, 0.29) is 40.3 Å². The summed E-state index contributed by atoms with van der Waals surface area (Å²) in [7, 11) is 0. The Morgan fingerprint density at radius 2 is 1.88 bits per heavy atom. The van der Waals surface area contributed by atoms with Crippen LogP contribution in [0.3, 0.4) is 0 Å². The normalized spacial score (nSPS) is 10.9. The van der Waals surface area contributed by atoms with E-state index in [1.54, 1.807) is 13.0 Å². The summed E-state index contributed by atoms with van der Waals surface area (Å²) in [5.74, 6) is 0.181. The fourth-order valence-corrected chi connectivity index (χ4v) is 3.52. The van der Waals surface area contributed by atoms with Gasteiger partial charge in [0.15, 0.2) is 11.5 Å². The largest absolute Gasteiger partial charge is 0.489 e. The second kappa shape index (κ2) is 9.64. The van der Waals surface area contributed by atoms with Gasteiger partial charge in [-0.05, 0) is 38.1 Å². The minimum atomic E-state index is -0.564. The van der Waals surface area contributed by atoms with Crippen molar-refractivity contribution in [2.75, 3.05) is 5.32 Å². The van der Waals surface area contributed by atoms with Gasteiger partial charge in [0.2, 0.25) is 0 Å². The van der Waals surface area contributed by atoms with Crippen LogP contribution in [0, 0.1) is 19.7 Å². The molecule has 1 N–H and O–H groups in total. The predicted octanol–water partition coefficient (Wildman–Crippen LogP) is 5.81. The highest BCUT2D eigenvalue weighted by Crippen LogP contribution is 2.25. The molecule has 170 valence electrons. The lowest BCUT2D eigenvalue weighted by Crippen LogP contribution is -2.16. The molecule has 0 aliphatic heterocycles. The summed E-state index contributed by atoms with van der Waals surface area (Å²) in [6.07, 6.45) is 1.47. The molecule has 33 heavy (non-hydrogen) atoms. The number of hydrogen-bond donors (Lipinski definition) is 1. The Bertz CT molecular complexity index is 1280. The maximum atomic E-state index is 14.1. The van der Waals surface area contributed by atoms with E-state index in [4.69, 9.17) is 32.5 Å². The number of rotatable bonds is 7. The van der Waals surface area contributed by atoms with Gasteiger partial charge in [0.1, 0.15) is 29.0 Å². The molecule has 10 heteroatoms. The van der Waals surface area contributed by atoms with Gasteiger partial charge < -0.3 is 14.6 Å². The van der Waals surface area contributed by atoms with Crippen LogP contribution in [0.5, 0.6) is 5.75 Å². The summed E-state index contributed by atoms with van der Waals surface area (Å²) in [6, 6.07) is 11.9. The summed E-state index contributed by atoms with van der Waals surface area (Å²) in [5.41, 5.74) is 1.93. The number of carbonyl (C=O) groups is 1. The van der Waals surface area contributed by atoms with E-state index in [0.29, 0.717) is 17.1 Å². The van der Waals surface area contributed by atoms with Crippen molar-refractivity contribution in [2.24, 2.45) is 0 Å². The highest BCUT2D eigenvalue weighted by atomic mass is 35.5. The van der Waals surface area contributed by atoms with Gasteiger partial charge in [0, 0.05) is 16.8 Å². The van der Waals surface area contributed by atoms with E-state index in [9.17, 15) is 9.18 Å². The second-order valence-corrected chi connectivity index (χ2v) is 8.16. The smallest absolute Gasteiger partial charge is 0.279 e. The molecule has 0 bridgehead atoms. The van der Waals surface area contributed by atoms with E-state index in [1.165, 1.54) is 23.0 Å². The number of aromatic nitrogens is 3. The molecule has 1 amide bonds. The van der Waals surface area contributed by atoms with Gasteiger partial charge >= 0.3 is 0 Å². The number of hydrogen-bond acceptors (Lipinski definition) is 5. The number of nitrogens with zero attached hydrogens (tertiary/aromatic N) is 3. The van der Waals surface area contributed by atoms with Crippen molar-refractivity contribution in [3.63, 3.8) is 0 Å². The molecular formula is C23H19Cl2FN4O3. The molecule has 4 rings (SSSR count). The van der Waals surface area contributed by atoms with Crippen molar-refractivity contribution in [1.29, 1.82) is 0 Å². The van der Waals surface area contributed by atoms with Crippen LogP contribution in [-0.2, 0) is 13.2 Å². The Morgan fingerprint density at radius 1 is 1.12 bits per heavy atom. The van der Waals surface area contributed by atoms with Crippen LogP contribution < -0.4 is 10.1 Å². The lowest BCUT2D eigenvalue weighted by atomic mass is 10.2. The number of nitrogens with one attached hydrogen (secondary N) is 1. The number of amides is 1. The fourth-order valence-electron chi connectivity index (χ4n) is 3.10. The van der Waals surface area contributed by atoms with Gasteiger partial charge in [-0.25, -0.2) is 4.39 Å². The second-order valence-electron chi connectivity index (χ2n) is 7.35. The van der Waals surface area contributed by atoms with E-state index >= 15 is 0 Å². The topological polar surface area (TPSA) is 82.2 Å². The molecule has 0 aliphatic carbocycles. The van der Waals surface area contributed by atoms with E-state index in [0.717, 1.165) is 5.56 Å². The molecule has 4 aromatic rings. The predicted molar refractivity (Wildman–Crippen MR) is 122 cm³/mol. The van der Waals surface area contributed by atoms with Gasteiger partial charge in [-0.15, -0.1) is 0 Å². The SMILES string of the molecule is Cc1ccc(OCc2c(C(=O)Nc3nn(Cc4c(F)cccc4Cl)cc3Cl)noc2C)cc1. The van der Waals surface area contributed by atoms with Crippen LogP contribution in [0.1, 0.15) is 32.9 Å². The zero-order valence-electron chi connectivity index (χ0n) is 17.7. The number of halogens is 3. The summed E-state index contributed by atoms with van der Waals surface area (Å²) in [4.78, 5) is 12.9. The first-order valence-corrected chi connectivity index (χ1v) is 10.7. The zero-order valence-corrected chi connectivity index (χ0v) is 19.2. The average molecular weight is 489 g/mol. The highest BCUT2D eigenvalue weighted by molar-refractivity contribution is 6.33. The molecule has 0 unspecified atom stereocenters. The Balaban J connectivity index is 1.48. The Hall–Kier alpha value is -3.36. The van der Waals surface area contributed by atoms with Gasteiger partial charge in [-0.1, -0.05) is 52.1 Å². The summed E-state index contributed by atoms with van der Waals surface area (Å²) in [5, 5.41) is 11.1. The molecule has 2 aromatic carbocycles. The van der Waals surface area contributed by atoms with E-state index in [2.05, 4.69) is 15.6 Å². The highest BCUT2D eigenvalue weighted by Gasteiger charge is 2.22. The van der Waals surface area contributed by atoms with Gasteiger partial charge in [0.25, 0.3) is 5.91 Å². The number of benzene rings is 2. The average Bonchev–Trinajstić information content (AvgIpc) is 3.32. The molecule has 0 radical (unpaired) electrons. The number of aryl methyl sites for hydroxylation is 2. The maximum Gasteiger partial charge on any atom is 0.279 e. The Morgan fingerprint density at radius 3 is 2.61 bits per heavy atom. The van der Waals surface area contributed by atoms with E-state index < -0.39 is 11.7 Å². The quantitative estimate of drug-likeness (QED) is 0.354. The van der Waals surface area contributed by atoms with Crippen molar-refractivity contribution in [3.05, 3.63) is 92.7 Å². The fraction of sp³-hybridized carbons (Fsp3) is 0.174. The minimum Gasteiger partial charge on any atom is -0.489 e. The van der Waals surface area contributed by atoms with Crippen molar-refractivity contribution >= 4 is 34.9 Å². The first-order valence-electron chi connectivity index (χ1n) is 9.93. The van der Waals surface area contributed by atoms with Gasteiger partial charge in [-0.3, -0.25) is 9.48 Å². The zero-order chi connectivity index (χ0) is 23.5. The monoisotopic (exact) mass is 488 g/mol. The number of ether oxygens (including phenoxy) is 1. The maximum absolute atomic E-state index is 14.1. The molecular weight excluding hydrogens is 470 g/mol. The van der Waals surface area contributed by atoms with Crippen LogP contribution in [0.2, 0.25) is 10.0 Å². The number of carbonyl (C=O) groups excluding carboxylic acids is 1. The summed E-state index contributed by atoms with van der Waals surface area (Å²) in [6.45, 7) is 3.81. The Kier molecular flexibility index (Phi) is 6.67. The van der Waals surface area contributed by atoms with Crippen LogP contribution in [0.25, 0.3) is 0 Å². The lowest BCUT2D eigenvalue weighted by Gasteiger charge is -2.07. The van der Waals surface area contributed by atoms with Gasteiger partial charge in [-0.2, -0.15) is 5.10 Å². The molecule has 0 saturated heterocycles. The first-order chi connectivity index (χ1) is 15.8. The molecule has 2 heterocycles. The minimum absolute atomic E-state index is 0.0415. The van der Waals surface area contributed by atoms with Crippen LogP contribution in [0.4, 0.5) is 10.2 Å². The van der Waals surface area contributed by atoms with Crippen molar-refractivity contribution in [2.45, 2.75) is 27.0 Å². The lowest BCUT2D eigenvalue weighted by molar-refractivity contribution is 0.101. The van der Waals surface area contributed by atoms with Gasteiger partial charge in [0.05, 0.1) is 12.1 Å². The van der Waals surface area contributed by atoms with Crippen LogP contribution in [-0.4, -0.2) is 20.8 Å². The molecule has 2 aromatic heterocycles. The molecule has 0 saturated carbocycles. The number of anilines is 1. The summed E-state index contributed by atoms with van der Waals surface area (Å²) < 4.78 is 26.4. The van der Waals surface area contributed by atoms with Crippen molar-refractivity contribution in [1.82, 2.24) is 14.9 Å².